The van der Waals surface area contributed by atoms with Crippen LogP contribution in [0, 0.1) is 0 Å². The SMILES string of the molecule is CCCCCC/C=C/[N+](CCC)(CCC)CC1CO1. The van der Waals surface area contributed by atoms with E-state index in [4.69, 9.17) is 4.74 Å². The second kappa shape index (κ2) is 9.55. The molecule has 0 amide bonds. The molecule has 1 unspecified atom stereocenters. The van der Waals surface area contributed by atoms with Crippen molar-refractivity contribution in [1.82, 2.24) is 0 Å². The Morgan fingerprint density at radius 2 is 1.68 bits per heavy atom. The Morgan fingerprint density at radius 3 is 2.21 bits per heavy atom. The number of rotatable bonds is 12. The molecule has 0 aromatic heterocycles. The van der Waals surface area contributed by atoms with Crippen LogP contribution in [-0.4, -0.2) is 36.8 Å². The zero-order chi connectivity index (χ0) is 14.0. The van der Waals surface area contributed by atoms with Gasteiger partial charge >= 0.3 is 0 Å². The molecule has 0 aromatic rings. The fraction of sp³-hybridized carbons (Fsp3) is 0.882. The van der Waals surface area contributed by atoms with Gasteiger partial charge in [0.15, 0.2) is 0 Å². The van der Waals surface area contributed by atoms with Gasteiger partial charge < -0.3 is 4.74 Å². The highest BCUT2D eigenvalue weighted by atomic mass is 16.6. The number of unbranched alkanes of at least 4 members (excludes halogenated alkanes) is 4. The number of nitrogens with zero attached hydrogens (tertiary/aromatic N) is 1. The second-order valence-electron chi connectivity index (χ2n) is 6.04. The predicted molar refractivity (Wildman–Crippen MR) is 83.1 cm³/mol. The molecule has 112 valence electrons. The molecule has 1 saturated heterocycles. The Balaban J connectivity index is 2.42. The van der Waals surface area contributed by atoms with Crippen LogP contribution in [0.15, 0.2) is 12.3 Å². The molecule has 1 atom stereocenters. The normalized spacial score (nSPS) is 19.2. The van der Waals surface area contributed by atoms with Crippen molar-refractivity contribution in [3.8, 4) is 0 Å². The van der Waals surface area contributed by atoms with Gasteiger partial charge in [-0.1, -0.05) is 40.0 Å². The van der Waals surface area contributed by atoms with E-state index in [0.717, 1.165) is 11.1 Å². The van der Waals surface area contributed by atoms with Crippen molar-refractivity contribution in [2.45, 2.75) is 71.8 Å². The van der Waals surface area contributed by atoms with E-state index in [2.05, 4.69) is 33.0 Å². The lowest BCUT2D eigenvalue weighted by molar-refractivity contribution is -0.880. The summed E-state index contributed by atoms with van der Waals surface area (Å²) in [5, 5.41) is 0. The Morgan fingerprint density at radius 1 is 1.00 bits per heavy atom. The molecule has 1 fully saturated rings. The first-order valence-corrected chi connectivity index (χ1v) is 8.41. The summed E-state index contributed by atoms with van der Waals surface area (Å²) < 4.78 is 6.61. The van der Waals surface area contributed by atoms with Gasteiger partial charge in [-0.15, -0.1) is 0 Å². The molecule has 1 rings (SSSR count). The van der Waals surface area contributed by atoms with Gasteiger partial charge in [0.25, 0.3) is 0 Å². The summed E-state index contributed by atoms with van der Waals surface area (Å²) in [5.74, 6) is 0. The third kappa shape index (κ3) is 7.12. The molecule has 2 heteroatoms. The number of hydrogen-bond acceptors (Lipinski definition) is 1. The van der Waals surface area contributed by atoms with Gasteiger partial charge in [-0.3, -0.25) is 4.48 Å². The van der Waals surface area contributed by atoms with Crippen LogP contribution in [0.1, 0.15) is 65.7 Å². The van der Waals surface area contributed by atoms with Crippen molar-refractivity contribution in [2.24, 2.45) is 0 Å². The fourth-order valence-corrected chi connectivity index (χ4v) is 2.96. The molecule has 0 radical (unpaired) electrons. The summed E-state index contributed by atoms with van der Waals surface area (Å²) in [5.41, 5.74) is 0. The largest absolute Gasteiger partial charge is 0.367 e. The molecule has 0 saturated carbocycles. The van der Waals surface area contributed by atoms with Crippen molar-refractivity contribution in [3.63, 3.8) is 0 Å². The van der Waals surface area contributed by atoms with Crippen LogP contribution >= 0.6 is 0 Å². The molecule has 0 aliphatic carbocycles. The van der Waals surface area contributed by atoms with Crippen LogP contribution in [0.2, 0.25) is 0 Å². The molecule has 0 N–H and O–H groups in total. The lowest BCUT2D eigenvalue weighted by Gasteiger charge is -2.34. The van der Waals surface area contributed by atoms with Crippen molar-refractivity contribution < 1.29 is 9.22 Å². The molecular formula is C17H34NO+. The molecule has 0 spiro atoms. The van der Waals surface area contributed by atoms with E-state index in [1.807, 2.05) is 0 Å². The summed E-state index contributed by atoms with van der Waals surface area (Å²) in [6, 6.07) is 0. The van der Waals surface area contributed by atoms with E-state index in [9.17, 15) is 0 Å². The zero-order valence-electron chi connectivity index (χ0n) is 13.4. The molecule has 0 bridgehead atoms. The van der Waals surface area contributed by atoms with Gasteiger partial charge in [-0.25, -0.2) is 0 Å². The Bertz CT molecular complexity index is 240. The number of quaternary nitrogens is 1. The topological polar surface area (TPSA) is 12.5 Å². The highest BCUT2D eigenvalue weighted by Crippen LogP contribution is 2.20. The average molecular weight is 268 g/mol. The first kappa shape index (κ1) is 16.7. The van der Waals surface area contributed by atoms with Crippen LogP contribution in [0.4, 0.5) is 0 Å². The standard InChI is InChI=1S/C17H34NO/c1-4-7-8-9-10-11-14-18(12-5-2,13-6-3)15-17-16-19-17/h11,14,17H,4-10,12-13,15-16H2,1-3H3/q+1/b14-11+. The van der Waals surface area contributed by atoms with Crippen LogP contribution in [0.25, 0.3) is 0 Å². The van der Waals surface area contributed by atoms with E-state index >= 15 is 0 Å². The minimum absolute atomic E-state index is 0.530. The first-order valence-electron chi connectivity index (χ1n) is 8.41. The summed E-state index contributed by atoms with van der Waals surface area (Å²) in [6.07, 6.45) is 14.7. The predicted octanol–water partition coefficient (Wildman–Crippen LogP) is 4.51. The molecule has 1 aliphatic heterocycles. The van der Waals surface area contributed by atoms with Gasteiger partial charge in [0.2, 0.25) is 0 Å². The third-order valence-electron chi connectivity index (χ3n) is 3.95. The molecule has 0 aromatic carbocycles. The maximum Gasteiger partial charge on any atom is 0.130 e. The number of epoxide rings is 1. The Labute approximate surface area is 120 Å². The van der Waals surface area contributed by atoms with Crippen LogP contribution in [-0.2, 0) is 4.74 Å². The van der Waals surface area contributed by atoms with Gasteiger partial charge in [0.05, 0.1) is 25.9 Å². The van der Waals surface area contributed by atoms with Crippen molar-refractivity contribution in [2.75, 3.05) is 26.2 Å². The summed E-state index contributed by atoms with van der Waals surface area (Å²) in [4.78, 5) is 0. The summed E-state index contributed by atoms with van der Waals surface area (Å²) >= 11 is 0. The fourth-order valence-electron chi connectivity index (χ4n) is 2.96. The molecular weight excluding hydrogens is 234 g/mol. The van der Waals surface area contributed by atoms with Gasteiger partial charge in [-0.05, 0) is 31.8 Å². The van der Waals surface area contributed by atoms with E-state index in [1.54, 1.807) is 0 Å². The van der Waals surface area contributed by atoms with Gasteiger partial charge in [0, 0.05) is 0 Å². The molecule has 1 heterocycles. The minimum Gasteiger partial charge on any atom is -0.367 e. The van der Waals surface area contributed by atoms with Gasteiger partial charge in [0.1, 0.15) is 12.6 Å². The minimum atomic E-state index is 0.530. The van der Waals surface area contributed by atoms with Gasteiger partial charge in [-0.2, -0.15) is 0 Å². The first-order chi connectivity index (χ1) is 9.26. The Hall–Kier alpha value is -0.340. The van der Waals surface area contributed by atoms with Crippen LogP contribution in [0.3, 0.4) is 0 Å². The number of ether oxygens (including phenoxy) is 1. The highest BCUT2D eigenvalue weighted by Gasteiger charge is 2.34. The summed E-state index contributed by atoms with van der Waals surface area (Å²) in [6.45, 7) is 11.6. The third-order valence-corrected chi connectivity index (χ3v) is 3.95. The van der Waals surface area contributed by atoms with Crippen LogP contribution < -0.4 is 0 Å². The Kier molecular flexibility index (Phi) is 8.40. The van der Waals surface area contributed by atoms with E-state index < -0.39 is 0 Å². The maximum atomic E-state index is 5.47. The number of hydrogen-bond donors (Lipinski definition) is 0. The molecule has 19 heavy (non-hydrogen) atoms. The molecule has 2 nitrogen and oxygen atoms in total. The highest BCUT2D eigenvalue weighted by molar-refractivity contribution is 4.78. The van der Waals surface area contributed by atoms with Crippen LogP contribution in [0.5, 0.6) is 0 Å². The van der Waals surface area contributed by atoms with E-state index in [-0.39, 0.29) is 0 Å². The zero-order valence-corrected chi connectivity index (χ0v) is 13.4. The smallest absolute Gasteiger partial charge is 0.130 e. The molecule has 1 aliphatic rings. The lowest BCUT2D eigenvalue weighted by atomic mass is 10.1. The van der Waals surface area contributed by atoms with Crippen molar-refractivity contribution in [3.05, 3.63) is 12.3 Å². The van der Waals surface area contributed by atoms with E-state index in [0.29, 0.717) is 6.10 Å². The second-order valence-corrected chi connectivity index (χ2v) is 6.04. The average Bonchev–Trinajstić information content (AvgIpc) is 3.18. The van der Waals surface area contributed by atoms with Crippen molar-refractivity contribution >= 4 is 0 Å². The monoisotopic (exact) mass is 268 g/mol. The number of allylic oxidation sites excluding steroid dienone is 1. The quantitative estimate of drug-likeness (QED) is 0.288. The lowest BCUT2D eigenvalue weighted by Crippen LogP contribution is -2.46. The maximum absolute atomic E-state index is 5.47. The van der Waals surface area contributed by atoms with Crippen molar-refractivity contribution in [1.29, 1.82) is 0 Å². The summed E-state index contributed by atoms with van der Waals surface area (Å²) in [7, 11) is 0. The van der Waals surface area contributed by atoms with E-state index in [1.165, 1.54) is 64.6 Å².